The Balaban J connectivity index is 0.00000135. The van der Waals surface area contributed by atoms with E-state index in [0.29, 0.717) is 17.9 Å². The summed E-state index contributed by atoms with van der Waals surface area (Å²) in [5.41, 5.74) is 3.86. The summed E-state index contributed by atoms with van der Waals surface area (Å²) in [6.45, 7) is 4.57. The van der Waals surface area contributed by atoms with Gasteiger partial charge >= 0.3 is 0 Å². The van der Waals surface area contributed by atoms with E-state index in [1.54, 1.807) is 0 Å². The number of halogens is 1. The van der Waals surface area contributed by atoms with E-state index in [4.69, 9.17) is 0 Å². The van der Waals surface area contributed by atoms with Gasteiger partial charge in [-0.2, -0.15) is 0 Å². The van der Waals surface area contributed by atoms with Crippen LogP contribution in [0.5, 0.6) is 0 Å². The Labute approximate surface area is 148 Å². The van der Waals surface area contributed by atoms with Crippen molar-refractivity contribution >= 4 is 22.9 Å². The number of benzene rings is 1. The highest BCUT2D eigenvalue weighted by Crippen LogP contribution is 2.41. The molecule has 0 radical (unpaired) electrons. The van der Waals surface area contributed by atoms with Gasteiger partial charge in [0.2, 0.25) is 0 Å². The predicted molar refractivity (Wildman–Crippen MR) is 96.4 cm³/mol. The van der Waals surface area contributed by atoms with Crippen molar-refractivity contribution in [2.45, 2.75) is 44.1 Å². The van der Waals surface area contributed by atoms with Gasteiger partial charge in [0.1, 0.15) is 0 Å². The SMILES string of the molecule is Br.O=C1c2cccc3c2[C@@H](CCC3)CN1[C@@H]1CN2CCC1CC2. The van der Waals surface area contributed by atoms with Crippen LogP contribution in [-0.4, -0.2) is 47.9 Å². The number of carbonyl (C=O) groups excluding carboxylic acids is 1. The number of hydrogen-bond donors (Lipinski definition) is 0. The Morgan fingerprint density at radius 2 is 1.87 bits per heavy atom. The lowest BCUT2D eigenvalue weighted by atomic mass is 9.75. The maximum atomic E-state index is 13.1. The van der Waals surface area contributed by atoms with Crippen molar-refractivity contribution in [3.63, 3.8) is 0 Å². The van der Waals surface area contributed by atoms with Crippen LogP contribution in [0.2, 0.25) is 0 Å². The second kappa shape index (κ2) is 5.89. The molecule has 1 aromatic carbocycles. The maximum absolute atomic E-state index is 13.1. The molecule has 2 atom stereocenters. The minimum absolute atomic E-state index is 0. The molecule has 23 heavy (non-hydrogen) atoms. The van der Waals surface area contributed by atoms with Gasteiger partial charge in [-0.05, 0) is 68.3 Å². The number of rotatable bonds is 1. The molecule has 4 heterocycles. The minimum atomic E-state index is 0. The topological polar surface area (TPSA) is 23.6 Å². The zero-order valence-electron chi connectivity index (χ0n) is 13.5. The van der Waals surface area contributed by atoms with Crippen molar-refractivity contribution < 1.29 is 4.79 Å². The number of carbonyl (C=O) groups is 1. The predicted octanol–water partition coefficient (Wildman–Crippen LogP) is 3.23. The lowest BCUT2D eigenvalue weighted by molar-refractivity contribution is 0.00258. The summed E-state index contributed by atoms with van der Waals surface area (Å²) in [5.74, 6) is 1.64. The summed E-state index contributed by atoms with van der Waals surface area (Å²) in [4.78, 5) is 18.0. The van der Waals surface area contributed by atoms with E-state index in [1.807, 2.05) is 0 Å². The van der Waals surface area contributed by atoms with Gasteiger partial charge in [0.05, 0.1) is 0 Å². The minimum Gasteiger partial charge on any atom is -0.333 e. The van der Waals surface area contributed by atoms with Crippen molar-refractivity contribution in [3.05, 3.63) is 34.9 Å². The van der Waals surface area contributed by atoms with E-state index in [0.717, 1.165) is 31.0 Å². The van der Waals surface area contributed by atoms with Crippen molar-refractivity contribution in [1.29, 1.82) is 0 Å². The fraction of sp³-hybridized carbons (Fsp3) is 0.632. The molecule has 0 saturated carbocycles. The summed E-state index contributed by atoms with van der Waals surface area (Å²) in [6.07, 6.45) is 6.27. The van der Waals surface area contributed by atoms with Crippen molar-refractivity contribution in [2.24, 2.45) is 5.92 Å². The highest BCUT2D eigenvalue weighted by atomic mass is 79.9. The lowest BCUT2D eigenvalue weighted by Crippen LogP contribution is -2.60. The number of fused-ring (bicyclic) bond motifs is 3. The van der Waals surface area contributed by atoms with Gasteiger partial charge in [-0.1, -0.05) is 12.1 Å². The molecule has 3 fully saturated rings. The van der Waals surface area contributed by atoms with Gasteiger partial charge in [0, 0.05) is 30.6 Å². The van der Waals surface area contributed by atoms with Crippen LogP contribution in [0.15, 0.2) is 18.2 Å². The molecule has 0 N–H and O–H groups in total. The molecule has 0 aromatic heterocycles. The van der Waals surface area contributed by atoms with Gasteiger partial charge in [-0.3, -0.25) is 4.79 Å². The molecule has 0 unspecified atom stereocenters. The summed E-state index contributed by atoms with van der Waals surface area (Å²) in [5, 5.41) is 0. The fourth-order valence-corrected chi connectivity index (χ4v) is 5.41. The Kier molecular flexibility index (Phi) is 4.01. The van der Waals surface area contributed by atoms with E-state index in [2.05, 4.69) is 28.0 Å². The number of amides is 1. The van der Waals surface area contributed by atoms with Gasteiger partial charge in [-0.15, -0.1) is 17.0 Å². The Hall–Kier alpha value is -0.870. The third kappa shape index (κ3) is 2.37. The highest BCUT2D eigenvalue weighted by molar-refractivity contribution is 8.93. The molecule has 1 aliphatic carbocycles. The Bertz CT molecular complexity index is 624. The highest BCUT2D eigenvalue weighted by Gasteiger charge is 2.43. The second-order valence-electron chi connectivity index (χ2n) is 7.63. The zero-order valence-corrected chi connectivity index (χ0v) is 15.3. The summed E-state index contributed by atoms with van der Waals surface area (Å²) in [6, 6.07) is 6.87. The van der Waals surface area contributed by atoms with E-state index in [-0.39, 0.29) is 17.0 Å². The molecule has 124 valence electrons. The largest absolute Gasteiger partial charge is 0.333 e. The number of aryl methyl sites for hydroxylation is 1. The third-order valence-electron chi connectivity index (χ3n) is 6.53. The molecule has 3 nitrogen and oxygen atoms in total. The van der Waals surface area contributed by atoms with E-state index in [1.165, 1.54) is 49.9 Å². The Morgan fingerprint density at radius 3 is 2.61 bits per heavy atom. The maximum Gasteiger partial charge on any atom is 0.254 e. The normalized spacial score (nSPS) is 34.8. The van der Waals surface area contributed by atoms with Crippen molar-refractivity contribution in [3.8, 4) is 0 Å². The van der Waals surface area contributed by atoms with E-state index in [9.17, 15) is 4.79 Å². The number of hydrogen-bond acceptors (Lipinski definition) is 2. The molecular weight excluding hydrogens is 352 g/mol. The molecule has 5 aliphatic rings. The van der Waals surface area contributed by atoms with Crippen LogP contribution in [0.3, 0.4) is 0 Å². The second-order valence-corrected chi connectivity index (χ2v) is 7.63. The lowest BCUT2D eigenvalue weighted by Gasteiger charge is -2.51. The fourth-order valence-electron chi connectivity index (χ4n) is 5.41. The number of nitrogens with zero attached hydrogens (tertiary/aromatic N) is 2. The standard InChI is InChI=1S/C19H24N2O.BrH/c22-19-16-6-2-4-14-3-1-5-15(18(14)16)11-21(19)17-12-20-9-7-13(17)8-10-20;/h2,4,6,13,15,17H,1,3,5,7-12H2;1H/t15-,17+;/m0./s1. The molecule has 6 rings (SSSR count). The molecule has 0 spiro atoms. The first-order valence-corrected chi connectivity index (χ1v) is 8.96. The Morgan fingerprint density at radius 1 is 1.04 bits per heavy atom. The monoisotopic (exact) mass is 376 g/mol. The van der Waals surface area contributed by atoms with Crippen molar-refractivity contribution in [2.75, 3.05) is 26.2 Å². The smallest absolute Gasteiger partial charge is 0.254 e. The van der Waals surface area contributed by atoms with Crippen LogP contribution < -0.4 is 0 Å². The summed E-state index contributed by atoms with van der Waals surface area (Å²) >= 11 is 0. The number of piperidine rings is 3. The summed E-state index contributed by atoms with van der Waals surface area (Å²) < 4.78 is 0. The van der Waals surface area contributed by atoms with Crippen LogP contribution in [0.25, 0.3) is 0 Å². The summed E-state index contributed by atoms with van der Waals surface area (Å²) in [7, 11) is 0. The van der Waals surface area contributed by atoms with Gasteiger partial charge in [-0.25, -0.2) is 0 Å². The first-order chi connectivity index (χ1) is 10.8. The first kappa shape index (κ1) is 15.6. The molecule has 4 aliphatic heterocycles. The van der Waals surface area contributed by atoms with Gasteiger partial charge < -0.3 is 9.80 Å². The van der Waals surface area contributed by atoms with Crippen molar-refractivity contribution in [1.82, 2.24) is 9.80 Å². The van der Waals surface area contributed by atoms with Gasteiger partial charge in [0.25, 0.3) is 5.91 Å². The van der Waals surface area contributed by atoms with Crippen LogP contribution in [0, 0.1) is 5.92 Å². The third-order valence-corrected chi connectivity index (χ3v) is 6.53. The molecule has 1 amide bonds. The molecule has 3 saturated heterocycles. The average Bonchev–Trinajstić information content (AvgIpc) is 2.59. The van der Waals surface area contributed by atoms with Crippen LogP contribution in [0.4, 0.5) is 0 Å². The quantitative estimate of drug-likeness (QED) is 0.750. The molecule has 2 bridgehead atoms. The van der Waals surface area contributed by atoms with Crippen LogP contribution in [0.1, 0.15) is 53.1 Å². The van der Waals surface area contributed by atoms with Gasteiger partial charge in [0.15, 0.2) is 0 Å². The zero-order chi connectivity index (χ0) is 14.7. The van der Waals surface area contributed by atoms with E-state index < -0.39 is 0 Å². The average molecular weight is 377 g/mol. The molecule has 1 aromatic rings. The first-order valence-electron chi connectivity index (χ1n) is 8.96. The van der Waals surface area contributed by atoms with E-state index >= 15 is 0 Å². The molecule has 4 heteroatoms. The van der Waals surface area contributed by atoms with Crippen LogP contribution in [-0.2, 0) is 6.42 Å². The molecular formula is C19H25BrN2O. The van der Waals surface area contributed by atoms with Crippen LogP contribution >= 0.6 is 17.0 Å².